The van der Waals surface area contributed by atoms with Gasteiger partial charge in [-0.25, -0.2) is 28.2 Å². The van der Waals surface area contributed by atoms with Crippen LogP contribution in [0.1, 0.15) is 65.0 Å². The van der Waals surface area contributed by atoms with Crippen molar-refractivity contribution in [1.82, 2.24) is 19.9 Å². The van der Waals surface area contributed by atoms with Gasteiger partial charge in [-0.1, -0.05) is 37.3 Å². The molecule has 1 N–H and O–H groups in total. The number of ether oxygens (including phenoxy) is 2. The van der Waals surface area contributed by atoms with Crippen LogP contribution >= 0.6 is 0 Å². The van der Waals surface area contributed by atoms with E-state index < -0.39 is 20.7 Å². The van der Waals surface area contributed by atoms with Crippen molar-refractivity contribution in [3.05, 3.63) is 72.1 Å². The molecule has 46 heavy (non-hydrogen) atoms. The van der Waals surface area contributed by atoms with Crippen LogP contribution in [0.5, 0.6) is 11.6 Å². The molecule has 1 aliphatic rings. The molecule has 11 heteroatoms. The van der Waals surface area contributed by atoms with Crippen LogP contribution in [0.15, 0.2) is 60.9 Å². The number of piperidine rings is 1. The summed E-state index contributed by atoms with van der Waals surface area (Å²) < 4.78 is 38.1. The molecule has 1 amide bonds. The zero-order valence-electron chi connectivity index (χ0n) is 27.4. The first-order valence-electron chi connectivity index (χ1n) is 15.8. The number of fused-ring (bicyclic) bond motifs is 1. The number of carbonyl (C=O) groups is 1. The molecule has 1 aliphatic heterocycles. The molecule has 3 heterocycles. The van der Waals surface area contributed by atoms with Gasteiger partial charge < -0.3 is 19.7 Å². The van der Waals surface area contributed by atoms with Gasteiger partial charge in [-0.2, -0.15) is 0 Å². The van der Waals surface area contributed by atoms with Crippen molar-refractivity contribution in [3.63, 3.8) is 0 Å². The normalized spacial score (nSPS) is 16.2. The first-order valence-corrected chi connectivity index (χ1v) is 17.5. The topological polar surface area (TPSA) is 124 Å². The molecule has 2 aromatic heterocycles. The first kappa shape index (κ1) is 33.1. The van der Waals surface area contributed by atoms with Crippen LogP contribution in [0, 0.1) is 6.92 Å². The summed E-state index contributed by atoms with van der Waals surface area (Å²) in [4.78, 5) is 28.2. The number of anilines is 1. The lowest BCUT2D eigenvalue weighted by atomic mass is 10.0. The van der Waals surface area contributed by atoms with E-state index in [1.807, 2.05) is 77.1 Å². The highest BCUT2D eigenvalue weighted by molar-refractivity contribution is 7.91. The predicted molar refractivity (Wildman–Crippen MR) is 181 cm³/mol. The number of aryl methyl sites for hydroxylation is 1. The number of nitrogens with zero attached hydrogens (tertiary/aromatic N) is 4. The maximum atomic E-state index is 13.0. The fourth-order valence-electron chi connectivity index (χ4n) is 5.49. The van der Waals surface area contributed by atoms with Crippen molar-refractivity contribution in [2.24, 2.45) is 0 Å². The number of hydrogen-bond acceptors (Lipinski definition) is 9. The maximum Gasteiger partial charge on any atom is 0.410 e. The number of benzene rings is 2. The van der Waals surface area contributed by atoms with Gasteiger partial charge in [0.2, 0.25) is 11.8 Å². The Morgan fingerprint density at radius 1 is 1.07 bits per heavy atom. The van der Waals surface area contributed by atoms with Crippen LogP contribution in [0.4, 0.5) is 10.7 Å². The van der Waals surface area contributed by atoms with E-state index in [0.717, 1.165) is 34.7 Å². The molecule has 1 fully saturated rings. The third-order valence-corrected chi connectivity index (χ3v) is 10.4. The van der Waals surface area contributed by atoms with E-state index >= 15 is 0 Å². The zero-order chi connectivity index (χ0) is 33.1. The van der Waals surface area contributed by atoms with Crippen LogP contribution in [0.2, 0.25) is 0 Å². The molecule has 1 saturated heterocycles. The molecule has 0 aliphatic carbocycles. The average molecular weight is 646 g/mol. The average Bonchev–Trinajstić information content (AvgIpc) is 3.01. The Morgan fingerprint density at radius 2 is 1.87 bits per heavy atom. The lowest BCUT2D eigenvalue weighted by molar-refractivity contribution is 0.0206. The number of likely N-dealkylation sites (tertiary alicyclic amines) is 1. The number of hydrogen-bond donors (Lipinski definition) is 1. The molecule has 0 bridgehead atoms. The molecule has 0 radical (unpaired) electrons. The summed E-state index contributed by atoms with van der Waals surface area (Å²) in [6, 6.07) is 15.1. The van der Waals surface area contributed by atoms with Crippen molar-refractivity contribution in [2.75, 3.05) is 18.4 Å². The smallest absolute Gasteiger partial charge is 0.410 e. The van der Waals surface area contributed by atoms with Gasteiger partial charge in [0.05, 0.1) is 22.3 Å². The van der Waals surface area contributed by atoms with Crippen molar-refractivity contribution in [1.29, 1.82) is 0 Å². The minimum atomic E-state index is -3.31. The standard InChI is InChI=1S/C35H43N5O5S/c1-7-24(3)46(42,43)22-25-11-8-13-28-27(25)16-15-23(2)31(28)44-32-29(14-9-18-36-32)30-17-19-37-33(39-30)38-26-12-10-20-40(21-26)34(41)45-35(4,5)6/h8-9,11,13-19,24,26H,7,10,12,20-22H2,1-6H3,(H,37,38,39)/t24?,26-/m0/s1. The lowest BCUT2D eigenvalue weighted by Gasteiger charge is -2.34. The summed E-state index contributed by atoms with van der Waals surface area (Å²) in [5, 5.41) is 4.61. The van der Waals surface area contributed by atoms with Gasteiger partial charge in [-0.05, 0) is 88.6 Å². The van der Waals surface area contributed by atoms with E-state index in [2.05, 4.69) is 15.3 Å². The molecule has 4 aromatic rings. The van der Waals surface area contributed by atoms with Gasteiger partial charge in [0.15, 0.2) is 9.84 Å². The maximum absolute atomic E-state index is 13.0. The number of nitrogens with one attached hydrogen (secondary N) is 1. The monoisotopic (exact) mass is 645 g/mol. The molecular weight excluding hydrogens is 602 g/mol. The summed E-state index contributed by atoms with van der Waals surface area (Å²) in [6.07, 6.45) is 5.30. The van der Waals surface area contributed by atoms with Crippen LogP contribution in [-0.4, -0.2) is 64.3 Å². The molecule has 0 spiro atoms. The van der Waals surface area contributed by atoms with Gasteiger partial charge in [-0.3, -0.25) is 0 Å². The quantitative estimate of drug-likeness (QED) is 0.199. The molecule has 5 rings (SSSR count). The Balaban J connectivity index is 1.40. The number of sulfone groups is 1. The Bertz CT molecular complexity index is 1820. The number of aromatic nitrogens is 3. The summed E-state index contributed by atoms with van der Waals surface area (Å²) >= 11 is 0. The van der Waals surface area contributed by atoms with Gasteiger partial charge >= 0.3 is 6.09 Å². The van der Waals surface area contributed by atoms with Gasteiger partial charge in [0.1, 0.15) is 11.4 Å². The van der Waals surface area contributed by atoms with E-state index in [-0.39, 0.29) is 17.9 Å². The summed E-state index contributed by atoms with van der Waals surface area (Å²) in [7, 11) is -3.31. The van der Waals surface area contributed by atoms with Crippen LogP contribution in [-0.2, 0) is 20.3 Å². The number of amides is 1. The van der Waals surface area contributed by atoms with Crippen LogP contribution < -0.4 is 10.1 Å². The van der Waals surface area contributed by atoms with Crippen molar-refractivity contribution in [3.8, 4) is 22.9 Å². The van der Waals surface area contributed by atoms with Crippen LogP contribution in [0.25, 0.3) is 22.0 Å². The highest BCUT2D eigenvalue weighted by Crippen LogP contribution is 2.38. The fourth-order valence-corrected chi connectivity index (χ4v) is 6.97. The molecule has 1 unspecified atom stereocenters. The van der Waals surface area contributed by atoms with Crippen molar-refractivity contribution >= 4 is 32.7 Å². The summed E-state index contributed by atoms with van der Waals surface area (Å²) in [5.41, 5.74) is 2.38. The Hall–Kier alpha value is -4.25. The lowest BCUT2D eigenvalue weighted by Crippen LogP contribution is -2.47. The van der Waals surface area contributed by atoms with Gasteiger partial charge in [-0.15, -0.1) is 0 Å². The minimum absolute atomic E-state index is 0.0298. The molecular formula is C35H43N5O5S. The van der Waals surface area contributed by atoms with E-state index in [1.165, 1.54) is 0 Å². The third kappa shape index (κ3) is 7.75. The zero-order valence-corrected chi connectivity index (χ0v) is 28.2. The summed E-state index contributed by atoms with van der Waals surface area (Å²) in [6.45, 7) is 12.3. The van der Waals surface area contributed by atoms with Gasteiger partial charge in [0, 0.05) is 36.9 Å². The second-order valence-corrected chi connectivity index (χ2v) is 15.3. The van der Waals surface area contributed by atoms with Gasteiger partial charge in [0.25, 0.3) is 0 Å². The second-order valence-electron chi connectivity index (χ2n) is 12.9. The first-order chi connectivity index (χ1) is 21.8. The molecule has 10 nitrogen and oxygen atoms in total. The largest absolute Gasteiger partial charge is 0.444 e. The molecule has 2 atom stereocenters. The SMILES string of the molecule is CCC(C)S(=O)(=O)Cc1cccc2c(Oc3ncccc3-c3ccnc(N[C@H]4CCCN(C(=O)OC(C)(C)C)C4)n3)c(C)ccc12. The number of rotatable bonds is 9. The van der Waals surface area contributed by atoms with E-state index in [0.29, 0.717) is 48.3 Å². The Labute approximate surface area is 271 Å². The highest BCUT2D eigenvalue weighted by atomic mass is 32.2. The molecule has 0 saturated carbocycles. The Morgan fingerprint density at radius 3 is 2.63 bits per heavy atom. The van der Waals surface area contributed by atoms with E-state index in [4.69, 9.17) is 14.5 Å². The second kappa shape index (κ2) is 13.6. The van der Waals surface area contributed by atoms with E-state index in [1.54, 1.807) is 30.3 Å². The van der Waals surface area contributed by atoms with Crippen LogP contribution in [0.3, 0.4) is 0 Å². The number of carbonyl (C=O) groups excluding carboxylic acids is 1. The highest BCUT2D eigenvalue weighted by Gasteiger charge is 2.28. The van der Waals surface area contributed by atoms with E-state index in [9.17, 15) is 13.2 Å². The molecule has 244 valence electrons. The predicted octanol–water partition coefficient (Wildman–Crippen LogP) is 7.32. The number of pyridine rings is 1. The fraction of sp³-hybridized carbons (Fsp3) is 0.429. The molecule has 2 aromatic carbocycles. The Kier molecular flexibility index (Phi) is 9.81. The summed E-state index contributed by atoms with van der Waals surface area (Å²) in [5.74, 6) is 1.38. The van der Waals surface area contributed by atoms with Crippen molar-refractivity contribution in [2.45, 2.75) is 83.5 Å². The van der Waals surface area contributed by atoms with Crippen molar-refractivity contribution < 1.29 is 22.7 Å². The minimum Gasteiger partial charge on any atom is -0.444 e. The third-order valence-electron chi connectivity index (χ3n) is 8.15.